The van der Waals surface area contributed by atoms with Crippen molar-refractivity contribution in [3.63, 3.8) is 0 Å². The van der Waals surface area contributed by atoms with Crippen LogP contribution < -0.4 is 16.4 Å². The second kappa shape index (κ2) is 10.9. The Morgan fingerprint density at radius 1 is 1.31 bits per heavy atom. The maximum Gasteiger partial charge on any atom is 0.271 e. The summed E-state index contributed by atoms with van der Waals surface area (Å²) in [7, 11) is 0. The zero-order chi connectivity index (χ0) is 18.2. The zero-order valence-corrected chi connectivity index (χ0v) is 16.6. The van der Waals surface area contributed by atoms with Crippen LogP contribution in [0.4, 0.5) is 5.69 Å². The van der Waals surface area contributed by atoms with Crippen LogP contribution in [0.1, 0.15) is 41.3 Å². The van der Waals surface area contributed by atoms with Gasteiger partial charge in [0.2, 0.25) is 5.91 Å². The number of hydrogen-bond acceptors (Lipinski definition) is 5. The maximum absolute atomic E-state index is 12.2. The molecule has 0 atom stereocenters. The lowest BCUT2D eigenvalue weighted by Crippen LogP contribution is -2.23. The van der Waals surface area contributed by atoms with Crippen molar-refractivity contribution >= 4 is 41.2 Å². The van der Waals surface area contributed by atoms with E-state index in [1.807, 2.05) is 38.1 Å². The number of thiazole rings is 1. The molecule has 26 heavy (non-hydrogen) atoms. The molecular weight excluding hydrogens is 372 g/mol. The lowest BCUT2D eigenvalue weighted by Gasteiger charge is -2.09. The molecule has 8 heteroatoms. The van der Waals surface area contributed by atoms with Crippen molar-refractivity contribution < 1.29 is 9.59 Å². The topological polar surface area (TPSA) is 97.1 Å². The third kappa shape index (κ3) is 7.11. The summed E-state index contributed by atoms with van der Waals surface area (Å²) in [4.78, 5) is 28.3. The SMILES string of the molecule is CC(C)CC(=O)Nc1cccc(CNC(=O)c2csc(CCN)n2)c1.Cl. The molecule has 142 valence electrons. The van der Waals surface area contributed by atoms with E-state index < -0.39 is 0 Å². The Bertz CT molecular complexity index is 733. The van der Waals surface area contributed by atoms with Gasteiger partial charge in [0.15, 0.2) is 0 Å². The molecule has 0 spiro atoms. The van der Waals surface area contributed by atoms with Crippen LogP contribution in [0.15, 0.2) is 29.6 Å². The summed E-state index contributed by atoms with van der Waals surface area (Å²) in [6.07, 6.45) is 1.16. The highest BCUT2D eigenvalue weighted by atomic mass is 35.5. The lowest BCUT2D eigenvalue weighted by molar-refractivity contribution is -0.116. The van der Waals surface area contributed by atoms with E-state index in [4.69, 9.17) is 5.73 Å². The fourth-order valence-electron chi connectivity index (χ4n) is 2.27. The standard InChI is InChI=1S/C18H24N4O2S.ClH/c1-12(2)8-16(23)21-14-5-3-4-13(9-14)10-20-18(24)15-11-25-17(22-15)6-7-19;/h3-5,9,11-12H,6-8,10,19H2,1-2H3,(H,20,24)(H,21,23);1H. The molecule has 2 aromatic rings. The second-order valence-electron chi connectivity index (χ2n) is 6.19. The molecule has 0 aliphatic rings. The van der Waals surface area contributed by atoms with Gasteiger partial charge in [0.05, 0.1) is 5.01 Å². The average Bonchev–Trinajstić information content (AvgIpc) is 3.01. The number of nitrogens with two attached hydrogens (primary N) is 1. The zero-order valence-electron chi connectivity index (χ0n) is 15.0. The maximum atomic E-state index is 12.2. The van der Waals surface area contributed by atoms with Crippen molar-refractivity contribution in [1.29, 1.82) is 0 Å². The smallest absolute Gasteiger partial charge is 0.271 e. The molecule has 1 aromatic heterocycles. The van der Waals surface area contributed by atoms with Crippen molar-refractivity contribution in [2.75, 3.05) is 11.9 Å². The number of benzene rings is 1. The summed E-state index contributed by atoms with van der Waals surface area (Å²) in [6.45, 7) is 4.90. The number of carbonyl (C=O) groups is 2. The summed E-state index contributed by atoms with van der Waals surface area (Å²) in [6, 6.07) is 7.45. The van der Waals surface area contributed by atoms with E-state index >= 15 is 0 Å². The van der Waals surface area contributed by atoms with Gasteiger partial charge in [-0.2, -0.15) is 0 Å². The summed E-state index contributed by atoms with van der Waals surface area (Å²) in [5.41, 5.74) is 7.55. The first-order chi connectivity index (χ1) is 12.0. The first kappa shape index (κ1) is 22.1. The first-order valence-corrected chi connectivity index (χ1v) is 9.17. The van der Waals surface area contributed by atoms with Crippen LogP contribution in [0.3, 0.4) is 0 Å². The summed E-state index contributed by atoms with van der Waals surface area (Å²) >= 11 is 1.44. The van der Waals surface area contributed by atoms with E-state index in [1.165, 1.54) is 11.3 Å². The Labute approximate surface area is 164 Å². The van der Waals surface area contributed by atoms with Crippen LogP contribution >= 0.6 is 23.7 Å². The number of nitrogens with one attached hydrogen (secondary N) is 2. The number of hydrogen-bond donors (Lipinski definition) is 3. The Morgan fingerprint density at radius 2 is 2.08 bits per heavy atom. The summed E-state index contributed by atoms with van der Waals surface area (Å²) in [5.74, 6) is 0.0876. The van der Waals surface area contributed by atoms with E-state index in [9.17, 15) is 9.59 Å². The van der Waals surface area contributed by atoms with Gasteiger partial charge in [-0.25, -0.2) is 4.98 Å². The molecular formula is C18H25ClN4O2S. The highest BCUT2D eigenvalue weighted by Gasteiger charge is 2.10. The quantitative estimate of drug-likeness (QED) is 0.638. The van der Waals surface area contributed by atoms with Gasteiger partial charge in [-0.15, -0.1) is 23.7 Å². The third-order valence-electron chi connectivity index (χ3n) is 3.40. The number of carbonyl (C=O) groups excluding carboxylic acids is 2. The van der Waals surface area contributed by atoms with E-state index in [-0.39, 0.29) is 24.2 Å². The highest BCUT2D eigenvalue weighted by Crippen LogP contribution is 2.13. The molecule has 0 fully saturated rings. The molecule has 6 nitrogen and oxygen atoms in total. The number of rotatable bonds is 8. The summed E-state index contributed by atoms with van der Waals surface area (Å²) in [5, 5.41) is 8.32. The Balaban J connectivity index is 0.00000338. The van der Waals surface area contributed by atoms with Gasteiger partial charge in [0.1, 0.15) is 5.69 Å². The van der Waals surface area contributed by atoms with Crippen molar-refractivity contribution in [3.8, 4) is 0 Å². The number of halogens is 1. The molecule has 4 N–H and O–H groups in total. The average molecular weight is 397 g/mol. The molecule has 0 unspecified atom stereocenters. The van der Waals surface area contributed by atoms with Gasteiger partial charge >= 0.3 is 0 Å². The van der Waals surface area contributed by atoms with E-state index in [1.54, 1.807) is 5.38 Å². The van der Waals surface area contributed by atoms with Crippen molar-refractivity contribution in [1.82, 2.24) is 10.3 Å². The molecule has 0 radical (unpaired) electrons. The highest BCUT2D eigenvalue weighted by molar-refractivity contribution is 7.09. The largest absolute Gasteiger partial charge is 0.347 e. The molecule has 2 rings (SSSR count). The molecule has 0 bridgehead atoms. The van der Waals surface area contributed by atoms with E-state index in [0.717, 1.165) is 16.3 Å². The third-order valence-corrected chi connectivity index (χ3v) is 4.31. The predicted octanol–water partition coefficient (Wildman–Crippen LogP) is 2.98. The monoisotopic (exact) mass is 396 g/mol. The van der Waals surface area contributed by atoms with Gasteiger partial charge in [0.25, 0.3) is 5.91 Å². The van der Waals surface area contributed by atoms with Gasteiger partial charge in [-0.3, -0.25) is 9.59 Å². The first-order valence-electron chi connectivity index (χ1n) is 8.29. The normalized spacial score (nSPS) is 10.3. The minimum Gasteiger partial charge on any atom is -0.347 e. The lowest BCUT2D eigenvalue weighted by atomic mass is 10.1. The molecule has 0 aliphatic heterocycles. The minimum absolute atomic E-state index is 0. The molecule has 1 heterocycles. The van der Waals surface area contributed by atoms with Crippen LogP contribution in [0, 0.1) is 5.92 Å². The summed E-state index contributed by atoms with van der Waals surface area (Å²) < 4.78 is 0. The molecule has 1 aromatic carbocycles. The van der Waals surface area contributed by atoms with Gasteiger partial charge < -0.3 is 16.4 Å². The van der Waals surface area contributed by atoms with Gasteiger partial charge in [-0.05, 0) is 30.2 Å². The van der Waals surface area contributed by atoms with Gasteiger partial charge in [0, 0.05) is 30.5 Å². The van der Waals surface area contributed by atoms with E-state index in [2.05, 4.69) is 15.6 Å². The van der Waals surface area contributed by atoms with Crippen LogP contribution in [0.25, 0.3) is 0 Å². The molecule has 2 amide bonds. The Morgan fingerprint density at radius 3 is 2.77 bits per heavy atom. The number of aromatic nitrogens is 1. The van der Waals surface area contributed by atoms with Crippen molar-refractivity contribution in [2.24, 2.45) is 11.7 Å². The Hall–Kier alpha value is -1.96. The molecule has 0 saturated heterocycles. The fraction of sp³-hybridized carbons (Fsp3) is 0.389. The van der Waals surface area contributed by atoms with E-state index in [0.29, 0.717) is 37.5 Å². The van der Waals surface area contributed by atoms with Crippen LogP contribution in [-0.4, -0.2) is 23.3 Å². The van der Waals surface area contributed by atoms with Crippen LogP contribution in [0.5, 0.6) is 0 Å². The molecule has 0 aliphatic carbocycles. The van der Waals surface area contributed by atoms with Gasteiger partial charge in [-0.1, -0.05) is 26.0 Å². The Kier molecular flexibility index (Phi) is 9.26. The molecule has 0 saturated carbocycles. The van der Waals surface area contributed by atoms with Crippen molar-refractivity contribution in [2.45, 2.75) is 33.2 Å². The minimum atomic E-state index is -0.214. The predicted molar refractivity (Wildman–Crippen MR) is 108 cm³/mol. The van der Waals surface area contributed by atoms with Crippen LogP contribution in [-0.2, 0) is 17.8 Å². The van der Waals surface area contributed by atoms with Crippen LogP contribution in [0.2, 0.25) is 0 Å². The van der Waals surface area contributed by atoms with Crippen molar-refractivity contribution in [3.05, 3.63) is 45.9 Å². The number of amides is 2. The number of nitrogens with zero attached hydrogens (tertiary/aromatic N) is 1. The fourth-order valence-corrected chi connectivity index (χ4v) is 3.06. The second-order valence-corrected chi connectivity index (χ2v) is 7.14. The number of anilines is 1.